The summed E-state index contributed by atoms with van der Waals surface area (Å²) in [4.78, 5) is 0. The maximum Gasteiger partial charge on any atom is 0.189 e. The first kappa shape index (κ1) is 9.27. The van der Waals surface area contributed by atoms with Gasteiger partial charge in [-0.3, -0.25) is 0 Å². The van der Waals surface area contributed by atoms with Crippen molar-refractivity contribution in [2.45, 2.75) is 45.3 Å². The molecule has 0 bridgehead atoms. The summed E-state index contributed by atoms with van der Waals surface area (Å²) in [6.07, 6.45) is 2.66. The summed E-state index contributed by atoms with van der Waals surface area (Å²) in [5, 5.41) is 0. The summed E-state index contributed by atoms with van der Waals surface area (Å²) in [5.74, 6) is 0.799. The Labute approximate surface area is 71.3 Å². The highest BCUT2D eigenvalue weighted by Gasteiger charge is 2.35. The van der Waals surface area contributed by atoms with Crippen LogP contribution in [0.4, 0.5) is 0 Å². The quantitative estimate of drug-likeness (QED) is 0.592. The Morgan fingerprint density at radius 2 is 2.00 bits per heavy atom. The van der Waals surface area contributed by atoms with Gasteiger partial charge in [0.15, 0.2) is 8.32 Å². The predicted molar refractivity (Wildman–Crippen MR) is 51.3 cm³/mol. The van der Waals surface area contributed by atoms with Crippen LogP contribution in [0.1, 0.15) is 26.7 Å². The molecule has 0 radical (unpaired) electrons. The molecular formula is C9H20OSi. The summed E-state index contributed by atoms with van der Waals surface area (Å²) in [7, 11) is -1.06. The van der Waals surface area contributed by atoms with Crippen molar-refractivity contribution in [3.05, 3.63) is 0 Å². The van der Waals surface area contributed by atoms with Crippen molar-refractivity contribution >= 4 is 8.32 Å². The van der Waals surface area contributed by atoms with Gasteiger partial charge in [-0.05, 0) is 31.0 Å². The minimum absolute atomic E-state index is 0.799. The molecule has 1 aliphatic heterocycles. The van der Waals surface area contributed by atoms with Crippen LogP contribution in [-0.4, -0.2) is 14.9 Å². The van der Waals surface area contributed by atoms with Crippen molar-refractivity contribution in [2.24, 2.45) is 5.92 Å². The molecular weight excluding hydrogens is 152 g/mol. The lowest BCUT2D eigenvalue weighted by Crippen LogP contribution is -2.41. The minimum Gasteiger partial charge on any atom is -0.417 e. The fourth-order valence-electron chi connectivity index (χ4n) is 1.36. The Hall–Kier alpha value is 0.177. The van der Waals surface area contributed by atoms with Gasteiger partial charge >= 0.3 is 0 Å². The number of hydrogen-bond acceptors (Lipinski definition) is 1. The Balaban J connectivity index is 2.02. The molecule has 66 valence electrons. The molecule has 0 unspecified atom stereocenters. The Morgan fingerprint density at radius 3 is 2.36 bits per heavy atom. The van der Waals surface area contributed by atoms with E-state index in [9.17, 15) is 0 Å². The van der Waals surface area contributed by atoms with Crippen molar-refractivity contribution in [1.82, 2.24) is 0 Å². The molecule has 0 N–H and O–H groups in total. The molecule has 0 amide bonds. The monoisotopic (exact) mass is 172 g/mol. The minimum atomic E-state index is -1.06. The lowest BCUT2D eigenvalue weighted by Gasteiger charge is -2.35. The van der Waals surface area contributed by atoms with E-state index in [0.717, 1.165) is 12.5 Å². The van der Waals surface area contributed by atoms with Crippen LogP contribution in [0.15, 0.2) is 0 Å². The molecule has 2 heteroatoms. The van der Waals surface area contributed by atoms with E-state index >= 15 is 0 Å². The normalized spacial score (nSPS) is 21.8. The van der Waals surface area contributed by atoms with E-state index in [1.165, 1.54) is 24.9 Å². The molecule has 11 heavy (non-hydrogen) atoms. The molecule has 0 aromatic carbocycles. The third kappa shape index (κ3) is 2.95. The van der Waals surface area contributed by atoms with E-state index in [2.05, 4.69) is 20.4 Å². The zero-order valence-electron chi connectivity index (χ0n) is 8.02. The summed E-state index contributed by atoms with van der Waals surface area (Å²) >= 11 is 0. The lowest BCUT2D eigenvalue weighted by molar-refractivity contribution is 0.266. The van der Waals surface area contributed by atoms with Gasteiger partial charge < -0.3 is 4.43 Å². The van der Waals surface area contributed by atoms with Gasteiger partial charge in [-0.15, -0.1) is 0 Å². The van der Waals surface area contributed by atoms with Gasteiger partial charge in [-0.2, -0.15) is 0 Å². The van der Waals surface area contributed by atoms with Gasteiger partial charge in [0.05, 0.1) is 0 Å². The molecule has 1 saturated heterocycles. The zero-order chi connectivity index (χ0) is 8.32. The molecule has 1 nitrogen and oxygen atoms in total. The van der Waals surface area contributed by atoms with Crippen molar-refractivity contribution in [2.75, 3.05) is 6.61 Å². The van der Waals surface area contributed by atoms with Crippen LogP contribution in [0.25, 0.3) is 0 Å². The van der Waals surface area contributed by atoms with Crippen LogP contribution >= 0.6 is 0 Å². The van der Waals surface area contributed by atoms with Gasteiger partial charge in [0.25, 0.3) is 0 Å². The predicted octanol–water partition coefficient (Wildman–Crippen LogP) is 3.03. The summed E-state index contributed by atoms with van der Waals surface area (Å²) in [5.41, 5.74) is 0. The smallest absolute Gasteiger partial charge is 0.189 e. The molecule has 0 spiro atoms. The first-order valence-corrected chi connectivity index (χ1v) is 7.59. The van der Waals surface area contributed by atoms with Gasteiger partial charge in [0.2, 0.25) is 0 Å². The largest absolute Gasteiger partial charge is 0.417 e. The maximum absolute atomic E-state index is 5.92. The first-order chi connectivity index (χ1) is 5.12. The van der Waals surface area contributed by atoms with E-state index in [4.69, 9.17) is 4.43 Å². The number of hydrogen-bond donors (Lipinski definition) is 0. The van der Waals surface area contributed by atoms with E-state index in [1.54, 1.807) is 0 Å². The molecule has 0 saturated carbocycles. The highest BCUT2D eigenvalue weighted by molar-refractivity contribution is 6.75. The van der Waals surface area contributed by atoms with Crippen molar-refractivity contribution < 1.29 is 4.43 Å². The van der Waals surface area contributed by atoms with E-state index in [0.29, 0.717) is 0 Å². The summed E-state index contributed by atoms with van der Waals surface area (Å²) in [6, 6.07) is 2.82. The average Bonchev–Trinajstić information content (AvgIpc) is 1.83. The lowest BCUT2D eigenvalue weighted by atomic mass is 10.2. The standard InChI is InChI=1S/C9H20OSi/c1-9(2)5-6-10-11(3)7-4-8-11/h9H,4-8H2,1-3H3. The first-order valence-electron chi connectivity index (χ1n) is 4.76. The van der Waals surface area contributed by atoms with Crippen molar-refractivity contribution in [3.63, 3.8) is 0 Å². The zero-order valence-corrected chi connectivity index (χ0v) is 9.02. The Morgan fingerprint density at radius 1 is 1.36 bits per heavy atom. The second-order valence-corrected chi connectivity index (χ2v) is 8.52. The molecule has 1 aliphatic rings. The van der Waals surface area contributed by atoms with E-state index in [1.807, 2.05) is 0 Å². The highest BCUT2D eigenvalue weighted by Crippen LogP contribution is 2.32. The van der Waals surface area contributed by atoms with Gasteiger partial charge in [-0.1, -0.05) is 20.3 Å². The van der Waals surface area contributed by atoms with Crippen LogP contribution in [0, 0.1) is 5.92 Å². The molecule has 1 rings (SSSR count). The Kier molecular flexibility index (Phi) is 3.13. The third-order valence-corrected chi connectivity index (χ3v) is 6.28. The van der Waals surface area contributed by atoms with Crippen molar-refractivity contribution in [1.29, 1.82) is 0 Å². The molecule has 0 aromatic heterocycles. The topological polar surface area (TPSA) is 9.23 Å². The third-order valence-electron chi connectivity index (χ3n) is 2.56. The van der Waals surface area contributed by atoms with E-state index in [-0.39, 0.29) is 0 Å². The van der Waals surface area contributed by atoms with Gasteiger partial charge in [0.1, 0.15) is 0 Å². The van der Waals surface area contributed by atoms with Gasteiger partial charge in [-0.25, -0.2) is 0 Å². The second-order valence-electron chi connectivity index (χ2n) is 4.33. The molecule has 0 aliphatic carbocycles. The molecule has 0 aromatic rings. The van der Waals surface area contributed by atoms with Gasteiger partial charge in [0, 0.05) is 6.61 Å². The number of rotatable bonds is 4. The van der Waals surface area contributed by atoms with Crippen LogP contribution in [0.2, 0.25) is 18.6 Å². The fraction of sp³-hybridized carbons (Fsp3) is 1.00. The Bertz CT molecular complexity index is 119. The highest BCUT2D eigenvalue weighted by atomic mass is 28.4. The van der Waals surface area contributed by atoms with Crippen LogP contribution in [0.5, 0.6) is 0 Å². The SMILES string of the molecule is CC(C)CCO[Si]1(C)CCC1. The maximum atomic E-state index is 5.92. The average molecular weight is 172 g/mol. The van der Waals surface area contributed by atoms with E-state index < -0.39 is 8.32 Å². The van der Waals surface area contributed by atoms with Crippen LogP contribution in [-0.2, 0) is 4.43 Å². The molecule has 0 atom stereocenters. The molecule has 1 heterocycles. The van der Waals surface area contributed by atoms with Crippen molar-refractivity contribution in [3.8, 4) is 0 Å². The second kappa shape index (κ2) is 3.72. The molecule has 1 fully saturated rings. The van der Waals surface area contributed by atoms with Crippen LogP contribution < -0.4 is 0 Å². The summed E-state index contributed by atoms with van der Waals surface area (Å²) in [6.45, 7) is 7.90. The summed E-state index contributed by atoms with van der Waals surface area (Å²) < 4.78 is 5.92. The fourth-order valence-corrected chi connectivity index (χ4v) is 3.61. The van der Waals surface area contributed by atoms with Crippen LogP contribution in [0.3, 0.4) is 0 Å².